The Morgan fingerprint density at radius 1 is 1.25 bits per heavy atom. The summed E-state index contributed by atoms with van der Waals surface area (Å²) in [4.78, 5) is 12.2. The zero-order valence-electron chi connectivity index (χ0n) is 10.7. The molecule has 2 rings (SSSR count). The van der Waals surface area contributed by atoms with E-state index in [1.807, 2.05) is 12.1 Å². The highest BCUT2D eigenvalue weighted by Gasteiger charge is 2.12. The fourth-order valence-corrected chi connectivity index (χ4v) is 2.11. The summed E-state index contributed by atoms with van der Waals surface area (Å²) < 4.78 is 13.0. The number of hydrogen-bond donors (Lipinski definition) is 2. The van der Waals surface area contributed by atoms with Crippen molar-refractivity contribution in [2.75, 3.05) is 11.9 Å². The van der Waals surface area contributed by atoms with Gasteiger partial charge in [0, 0.05) is 5.56 Å². The Bertz CT molecular complexity index is 631. The molecule has 2 aromatic carbocycles. The van der Waals surface area contributed by atoms with Crippen molar-refractivity contribution in [3.8, 4) is 0 Å². The SMILES string of the molecule is NCCc1ccccc1C(=O)Nc1ccc(F)cc1Cl. The fraction of sp³-hybridized carbons (Fsp3) is 0.133. The van der Waals surface area contributed by atoms with Crippen molar-refractivity contribution in [3.63, 3.8) is 0 Å². The first kappa shape index (κ1) is 14.5. The third-order valence-electron chi connectivity index (χ3n) is 2.85. The maximum Gasteiger partial charge on any atom is 0.255 e. The standard InChI is InChI=1S/C15H14ClFN2O/c16-13-9-11(17)5-6-14(13)19-15(20)12-4-2-1-3-10(12)7-8-18/h1-6,9H,7-8,18H2,(H,19,20). The molecule has 5 heteroatoms. The number of halogens is 2. The van der Waals surface area contributed by atoms with Crippen LogP contribution in [0.25, 0.3) is 0 Å². The maximum atomic E-state index is 13.0. The van der Waals surface area contributed by atoms with Gasteiger partial charge in [0.1, 0.15) is 5.82 Å². The van der Waals surface area contributed by atoms with Crippen LogP contribution in [-0.2, 0) is 6.42 Å². The van der Waals surface area contributed by atoms with E-state index in [1.54, 1.807) is 12.1 Å². The normalized spacial score (nSPS) is 10.3. The molecule has 3 nitrogen and oxygen atoms in total. The molecule has 3 N–H and O–H groups in total. The summed E-state index contributed by atoms with van der Waals surface area (Å²) in [6, 6.07) is 11.0. The average Bonchev–Trinajstić information content (AvgIpc) is 2.43. The van der Waals surface area contributed by atoms with Crippen LogP contribution in [0.2, 0.25) is 5.02 Å². The Kier molecular flexibility index (Phi) is 4.71. The Balaban J connectivity index is 2.24. The number of rotatable bonds is 4. The van der Waals surface area contributed by atoms with Crippen molar-refractivity contribution in [1.82, 2.24) is 0 Å². The summed E-state index contributed by atoms with van der Waals surface area (Å²) in [6.45, 7) is 0.460. The Labute approximate surface area is 121 Å². The number of nitrogens with one attached hydrogen (secondary N) is 1. The number of anilines is 1. The highest BCUT2D eigenvalue weighted by atomic mass is 35.5. The minimum atomic E-state index is -0.448. The van der Waals surface area contributed by atoms with E-state index < -0.39 is 5.82 Å². The van der Waals surface area contributed by atoms with Gasteiger partial charge in [0.25, 0.3) is 5.91 Å². The predicted molar refractivity (Wildman–Crippen MR) is 78.6 cm³/mol. The van der Waals surface area contributed by atoms with Crippen LogP contribution < -0.4 is 11.1 Å². The van der Waals surface area contributed by atoms with E-state index in [-0.39, 0.29) is 10.9 Å². The third kappa shape index (κ3) is 3.35. The highest BCUT2D eigenvalue weighted by Crippen LogP contribution is 2.23. The van der Waals surface area contributed by atoms with E-state index in [0.717, 1.165) is 11.6 Å². The minimum Gasteiger partial charge on any atom is -0.330 e. The lowest BCUT2D eigenvalue weighted by Crippen LogP contribution is -2.16. The molecular weight excluding hydrogens is 279 g/mol. The Hall–Kier alpha value is -1.91. The summed E-state index contributed by atoms with van der Waals surface area (Å²) in [5.74, 6) is -0.737. The minimum absolute atomic E-state index is 0.162. The molecule has 0 aliphatic rings. The summed E-state index contributed by atoms with van der Waals surface area (Å²) >= 11 is 5.89. The molecule has 104 valence electrons. The van der Waals surface area contributed by atoms with Crippen LogP contribution in [0.1, 0.15) is 15.9 Å². The predicted octanol–water partition coefficient (Wildman–Crippen LogP) is 3.23. The maximum absolute atomic E-state index is 13.0. The van der Waals surface area contributed by atoms with E-state index >= 15 is 0 Å². The summed E-state index contributed by atoms with van der Waals surface area (Å²) in [5.41, 5.74) is 7.31. The fourth-order valence-electron chi connectivity index (χ4n) is 1.90. The molecule has 2 aromatic rings. The molecule has 0 unspecified atom stereocenters. The molecule has 0 atom stereocenters. The van der Waals surface area contributed by atoms with E-state index in [0.29, 0.717) is 24.2 Å². The highest BCUT2D eigenvalue weighted by molar-refractivity contribution is 6.33. The smallest absolute Gasteiger partial charge is 0.255 e. The summed E-state index contributed by atoms with van der Waals surface area (Å²) in [7, 11) is 0. The molecule has 0 fully saturated rings. The number of benzene rings is 2. The van der Waals surface area contributed by atoms with Gasteiger partial charge in [-0.05, 0) is 42.8 Å². The molecule has 0 aromatic heterocycles. The first-order chi connectivity index (χ1) is 9.61. The van der Waals surface area contributed by atoms with Gasteiger partial charge >= 0.3 is 0 Å². The largest absolute Gasteiger partial charge is 0.330 e. The molecule has 0 aliphatic carbocycles. The molecule has 0 spiro atoms. The van der Waals surface area contributed by atoms with Gasteiger partial charge in [-0.15, -0.1) is 0 Å². The summed E-state index contributed by atoms with van der Waals surface area (Å²) in [6.07, 6.45) is 0.612. The van der Waals surface area contributed by atoms with Crippen LogP contribution in [0.5, 0.6) is 0 Å². The van der Waals surface area contributed by atoms with E-state index in [2.05, 4.69) is 5.32 Å². The van der Waals surface area contributed by atoms with Gasteiger partial charge in [0.05, 0.1) is 10.7 Å². The second-order valence-corrected chi connectivity index (χ2v) is 4.68. The van der Waals surface area contributed by atoms with Crippen molar-refractivity contribution in [2.45, 2.75) is 6.42 Å². The Morgan fingerprint density at radius 2 is 2.00 bits per heavy atom. The monoisotopic (exact) mass is 292 g/mol. The third-order valence-corrected chi connectivity index (χ3v) is 3.17. The molecule has 0 heterocycles. The molecule has 0 saturated carbocycles. The lowest BCUT2D eigenvalue weighted by molar-refractivity contribution is 0.102. The first-order valence-electron chi connectivity index (χ1n) is 6.16. The number of carbonyl (C=O) groups is 1. The number of nitrogens with two attached hydrogens (primary N) is 1. The van der Waals surface area contributed by atoms with Crippen LogP contribution >= 0.6 is 11.6 Å². The topological polar surface area (TPSA) is 55.1 Å². The second-order valence-electron chi connectivity index (χ2n) is 4.27. The molecule has 0 aliphatic heterocycles. The van der Waals surface area contributed by atoms with Gasteiger partial charge in [0.15, 0.2) is 0 Å². The van der Waals surface area contributed by atoms with Crippen molar-refractivity contribution in [2.24, 2.45) is 5.73 Å². The van der Waals surface area contributed by atoms with Crippen LogP contribution in [0.15, 0.2) is 42.5 Å². The number of hydrogen-bond acceptors (Lipinski definition) is 2. The van der Waals surface area contributed by atoms with Gasteiger partial charge in [0.2, 0.25) is 0 Å². The van der Waals surface area contributed by atoms with Gasteiger partial charge in [-0.2, -0.15) is 0 Å². The number of carbonyl (C=O) groups excluding carboxylic acids is 1. The number of amides is 1. The van der Waals surface area contributed by atoms with Crippen LogP contribution in [0.3, 0.4) is 0 Å². The van der Waals surface area contributed by atoms with Gasteiger partial charge in [-0.25, -0.2) is 4.39 Å². The summed E-state index contributed by atoms with van der Waals surface area (Å²) in [5, 5.41) is 2.84. The van der Waals surface area contributed by atoms with E-state index in [4.69, 9.17) is 17.3 Å². The van der Waals surface area contributed by atoms with Gasteiger partial charge < -0.3 is 11.1 Å². The van der Waals surface area contributed by atoms with Crippen molar-refractivity contribution < 1.29 is 9.18 Å². The first-order valence-corrected chi connectivity index (χ1v) is 6.54. The second kappa shape index (κ2) is 6.50. The Morgan fingerprint density at radius 3 is 2.70 bits per heavy atom. The molecule has 0 radical (unpaired) electrons. The zero-order valence-corrected chi connectivity index (χ0v) is 11.5. The van der Waals surface area contributed by atoms with E-state index in [9.17, 15) is 9.18 Å². The molecule has 20 heavy (non-hydrogen) atoms. The van der Waals surface area contributed by atoms with Crippen LogP contribution in [-0.4, -0.2) is 12.5 Å². The quantitative estimate of drug-likeness (QED) is 0.909. The van der Waals surface area contributed by atoms with Gasteiger partial charge in [-0.1, -0.05) is 29.8 Å². The van der Waals surface area contributed by atoms with Gasteiger partial charge in [-0.3, -0.25) is 4.79 Å². The van der Waals surface area contributed by atoms with Crippen molar-refractivity contribution >= 4 is 23.2 Å². The van der Waals surface area contributed by atoms with E-state index in [1.165, 1.54) is 12.1 Å². The lowest BCUT2D eigenvalue weighted by atomic mass is 10.0. The van der Waals surface area contributed by atoms with Crippen LogP contribution in [0, 0.1) is 5.82 Å². The molecule has 0 saturated heterocycles. The average molecular weight is 293 g/mol. The van der Waals surface area contributed by atoms with Crippen molar-refractivity contribution in [3.05, 3.63) is 64.4 Å². The molecule has 1 amide bonds. The zero-order chi connectivity index (χ0) is 14.5. The lowest BCUT2D eigenvalue weighted by Gasteiger charge is -2.10. The molecule has 0 bridgehead atoms. The van der Waals surface area contributed by atoms with Crippen molar-refractivity contribution in [1.29, 1.82) is 0 Å². The van der Waals surface area contributed by atoms with Crippen LogP contribution in [0.4, 0.5) is 10.1 Å². The molecular formula is C15H14ClFN2O.